The highest BCUT2D eigenvalue weighted by molar-refractivity contribution is 7.85. The van der Waals surface area contributed by atoms with Crippen LogP contribution < -0.4 is 0 Å². The van der Waals surface area contributed by atoms with Crippen molar-refractivity contribution in [3.8, 4) is 0 Å². The maximum atomic E-state index is 12.5. The minimum Gasteiger partial charge on any atom is -0.744 e. The molecule has 4 saturated carbocycles. The van der Waals surface area contributed by atoms with Gasteiger partial charge in [0.2, 0.25) is 0 Å². The van der Waals surface area contributed by atoms with Gasteiger partial charge in [-0.3, -0.25) is 14.5 Å². The van der Waals surface area contributed by atoms with Gasteiger partial charge in [0.15, 0.2) is 6.10 Å². The Bertz CT molecular complexity index is 1500. The van der Waals surface area contributed by atoms with E-state index in [2.05, 4.69) is 25.8 Å². The van der Waals surface area contributed by atoms with Crippen LogP contribution in [0.3, 0.4) is 0 Å². The molecule has 4 aliphatic carbocycles. The van der Waals surface area contributed by atoms with Gasteiger partial charge in [-0.05, 0) is 132 Å². The summed E-state index contributed by atoms with van der Waals surface area (Å²) in [5, 5.41) is 0. The van der Waals surface area contributed by atoms with Gasteiger partial charge in [-0.2, -0.15) is 0 Å². The summed E-state index contributed by atoms with van der Waals surface area (Å²) >= 11 is 0. The second-order valence-corrected chi connectivity index (χ2v) is 19.4. The van der Waals surface area contributed by atoms with Crippen LogP contribution in [-0.4, -0.2) is 91.8 Å². The molecule has 9 nitrogen and oxygen atoms in total. The van der Waals surface area contributed by atoms with Crippen molar-refractivity contribution in [1.29, 1.82) is 0 Å². The van der Waals surface area contributed by atoms with E-state index in [4.69, 9.17) is 9.47 Å². The number of likely N-dealkylation sites (tertiary alicyclic amines) is 2. The first-order valence-electron chi connectivity index (χ1n) is 20.0. The molecule has 7 rings (SSSR count). The molecular weight excluding hydrogens is 665 g/mol. The lowest BCUT2D eigenvalue weighted by atomic mass is 9.44. The number of carbonyl (C=O) groups is 2. The van der Waals surface area contributed by atoms with Crippen LogP contribution in [0, 0.1) is 41.4 Å². The molecule has 10 heteroatoms. The summed E-state index contributed by atoms with van der Waals surface area (Å²) in [6.07, 6.45) is 16.3. The van der Waals surface area contributed by atoms with E-state index < -0.39 is 10.1 Å². The Hall–Kier alpha value is -2.01. The van der Waals surface area contributed by atoms with Crippen molar-refractivity contribution in [2.24, 2.45) is 34.5 Å². The van der Waals surface area contributed by atoms with Gasteiger partial charge in [0.1, 0.15) is 22.3 Å². The van der Waals surface area contributed by atoms with Crippen molar-refractivity contribution in [3.05, 3.63) is 29.8 Å². The van der Waals surface area contributed by atoms with Crippen molar-refractivity contribution in [1.82, 2.24) is 4.90 Å². The van der Waals surface area contributed by atoms with E-state index in [0.29, 0.717) is 35.3 Å². The average Bonchev–Trinajstić information content (AvgIpc) is 3.37. The van der Waals surface area contributed by atoms with Crippen LogP contribution in [-0.2, 0) is 29.2 Å². The molecule has 0 spiro atoms. The summed E-state index contributed by atoms with van der Waals surface area (Å²) in [7, 11) is -1.80. The first-order valence-corrected chi connectivity index (χ1v) is 21.4. The number of ether oxygens (including phenoxy) is 2. The SMILES string of the molecule is CC(=O)O[C@H]1C[C@@H]2CCC3C4C[C@H]([N+]5(C)CCCCC5)[C@H](OC(C)=O)[C@@]4(C)CCC3[C@@]2(C)C[C@@H]1N1CCCCC1.Cc1ccc(S(=O)(=O)[O-])cc1. The van der Waals surface area contributed by atoms with Crippen molar-refractivity contribution in [2.75, 3.05) is 33.2 Å². The molecule has 10 atom stereocenters. The number of hydrogen-bond donors (Lipinski definition) is 0. The van der Waals surface area contributed by atoms with Gasteiger partial charge in [0.05, 0.1) is 25.0 Å². The van der Waals surface area contributed by atoms with Crippen molar-refractivity contribution in [3.63, 3.8) is 0 Å². The normalized spacial score (nSPS) is 39.3. The lowest BCUT2D eigenvalue weighted by molar-refractivity contribution is -0.940. The second-order valence-electron chi connectivity index (χ2n) is 18.0. The standard InChI is InChI=1S/C34H57N2O4.C7H8O3S/c1-23(37)39-31-20-25-12-13-26-27(34(25,4)22-29(31)35-16-8-6-9-17-35)14-15-33(3)28(26)21-30(32(33)40-24(2)38)36(5)18-10-7-11-19-36;1-6-2-4-7(5-3-6)11(8,9)10/h25-32H,6-22H2,1-5H3;2-5H,1H3,(H,8,9,10)/q+1;/p-1/t25-,26?,27?,28?,29-,30-,31-,32-,33-,34-;/m0./s1. The Morgan fingerprint density at radius 1 is 0.843 bits per heavy atom. The zero-order valence-corrected chi connectivity index (χ0v) is 32.9. The maximum Gasteiger partial charge on any atom is 0.303 e. The van der Waals surface area contributed by atoms with E-state index >= 15 is 0 Å². The molecule has 3 unspecified atom stereocenters. The number of esters is 2. The Morgan fingerprint density at radius 3 is 2.08 bits per heavy atom. The number of carbonyl (C=O) groups excluding carboxylic acids is 2. The number of piperidine rings is 2. The highest BCUT2D eigenvalue weighted by Crippen LogP contribution is 2.67. The Balaban J connectivity index is 0.000000349. The summed E-state index contributed by atoms with van der Waals surface area (Å²) in [6.45, 7) is 14.9. The predicted molar refractivity (Wildman–Crippen MR) is 196 cm³/mol. The molecule has 2 saturated heterocycles. The van der Waals surface area contributed by atoms with E-state index in [1.807, 2.05) is 6.92 Å². The molecule has 0 aromatic heterocycles. The third-order valence-electron chi connectivity index (χ3n) is 15.0. The topological polar surface area (TPSA) is 113 Å². The monoisotopic (exact) mass is 728 g/mol. The Kier molecular flexibility index (Phi) is 11.4. The molecule has 6 aliphatic rings. The van der Waals surface area contributed by atoms with Gasteiger partial charge in [0.25, 0.3) is 0 Å². The fourth-order valence-electron chi connectivity index (χ4n) is 12.4. The number of benzene rings is 1. The number of hydrogen-bond acceptors (Lipinski definition) is 8. The minimum atomic E-state index is -4.27. The highest BCUT2D eigenvalue weighted by atomic mass is 32.2. The van der Waals surface area contributed by atoms with Gasteiger partial charge in [0, 0.05) is 31.7 Å². The Morgan fingerprint density at radius 2 is 1.47 bits per heavy atom. The maximum absolute atomic E-state index is 12.5. The molecule has 0 N–H and O–H groups in total. The molecule has 1 aromatic carbocycles. The van der Waals surface area contributed by atoms with Crippen LogP contribution in [0.1, 0.15) is 117 Å². The number of rotatable bonds is 5. The van der Waals surface area contributed by atoms with E-state index in [-0.39, 0.29) is 34.5 Å². The van der Waals surface area contributed by atoms with E-state index in [9.17, 15) is 22.6 Å². The zero-order chi connectivity index (χ0) is 36.8. The van der Waals surface area contributed by atoms with Crippen molar-refractivity contribution in [2.45, 2.75) is 147 Å². The summed E-state index contributed by atoms with van der Waals surface area (Å²) in [4.78, 5) is 27.2. The van der Waals surface area contributed by atoms with Crippen LogP contribution in [0.15, 0.2) is 29.2 Å². The number of likely N-dealkylation sites (N-methyl/N-ethyl adjacent to an activating group) is 1. The molecule has 2 aliphatic heterocycles. The minimum absolute atomic E-state index is 0.0466. The van der Waals surface area contributed by atoms with E-state index in [1.54, 1.807) is 26.0 Å². The highest BCUT2D eigenvalue weighted by Gasteiger charge is 2.67. The summed E-state index contributed by atoms with van der Waals surface area (Å²) < 4.78 is 44.7. The van der Waals surface area contributed by atoms with Gasteiger partial charge in [-0.25, -0.2) is 8.42 Å². The van der Waals surface area contributed by atoms with Crippen LogP contribution in [0.5, 0.6) is 0 Å². The third-order valence-corrected chi connectivity index (χ3v) is 15.9. The van der Waals surface area contributed by atoms with Crippen LogP contribution in [0.25, 0.3) is 0 Å². The first kappa shape index (κ1) is 38.7. The van der Waals surface area contributed by atoms with Crippen LogP contribution in [0.2, 0.25) is 0 Å². The predicted octanol–water partition coefficient (Wildman–Crippen LogP) is 6.87. The van der Waals surface area contributed by atoms with Gasteiger partial charge < -0.3 is 18.5 Å². The average molecular weight is 729 g/mol. The molecule has 2 heterocycles. The molecule has 1 aromatic rings. The molecule has 286 valence electrons. The molecule has 51 heavy (non-hydrogen) atoms. The van der Waals surface area contributed by atoms with Crippen LogP contribution >= 0.6 is 0 Å². The fraction of sp³-hybridized carbons (Fsp3) is 0.805. The molecule has 0 amide bonds. The zero-order valence-electron chi connectivity index (χ0n) is 32.1. The first-order chi connectivity index (χ1) is 24.0. The molecule has 0 radical (unpaired) electrons. The lowest BCUT2D eigenvalue weighted by Crippen LogP contribution is -2.61. The Labute approximate surface area is 307 Å². The summed E-state index contributed by atoms with van der Waals surface area (Å²) in [5.74, 6) is 2.50. The van der Waals surface area contributed by atoms with E-state index in [1.165, 1.54) is 102 Å². The van der Waals surface area contributed by atoms with Crippen LogP contribution in [0.4, 0.5) is 0 Å². The molecule has 6 fully saturated rings. The quantitative estimate of drug-likeness (QED) is 0.184. The van der Waals surface area contributed by atoms with Crippen molar-refractivity contribution >= 4 is 22.1 Å². The lowest BCUT2D eigenvalue weighted by Gasteiger charge is -2.62. The number of fused-ring (bicyclic) bond motifs is 5. The van der Waals surface area contributed by atoms with Crippen molar-refractivity contribution < 1.29 is 36.5 Å². The molecular formula is C41H64N2O7S. The van der Waals surface area contributed by atoms with E-state index in [0.717, 1.165) is 35.5 Å². The van der Waals surface area contributed by atoms with Gasteiger partial charge >= 0.3 is 11.9 Å². The smallest absolute Gasteiger partial charge is 0.303 e. The second kappa shape index (κ2) is 15.0. The van der Waals surface area contributed by atoms with Gasteiger partial charge in [-0.15, -0.1) is 0 Å². The molecule has 0 bridgehead atoms. The number of aryl methyl sites for hydroxylation is 1. The number of nitrogens with zero attached hydrogens (tertiary/aromatic N) is 2. The summed E-state index contributed by atoms with van der Waals surface area (Å²) in [6, 6.07) is 6.58. The summed E-state index contributed by atoms with van der Waals surface area (Å²) in [5.41, 5.74) is 1.31. The number of quaternary nitrogens is 1. The van der Waals surface area contributed by atoms with Gasteiger partial charge in [-0.1, -0.05) is 38.0 Å². The largest absolute Gasteiger partial charge is 0.744 e. The fourth-order valence-corrected chi connectivity index (χ4v) is 12.9. The third kappa shape index (κ3) is 7.81.